The van der Waals surface area contributed by atoms with E-state index in [1.807, 2.05) is 0 Å². The molecule has 1 saturated heterocycles. The molecule has 4 nitrogen and oxygen atoms in total. The third kappa shape index (κ3) is 4.61. The maximum absolute atomic E-state index is 12.8. The van der Waals surface area contributed by atoms with Crippen LogP contribution in [0.25, 0.3) is 0 Å². The molecule has 1 aliphatic heterocycles. The van der Waals surface area contributed by atoms with Crippen molar-refractivity contribution >= 4 is 15.6 Å². The van der Waals surface area contributed by atoms with Gasteiger partial charge < -0.3 is 4.74 Å². The lowest BCUT2D eigenvalue weighted by Crippen LogP contribution is -2.30. The molecule has 1 aromatic rings. The molecule has 0 radical (unpaired) electrons. The van der Waals surface area contributed by atoms with Crippen LogP contribution in [0.4, 0.5) is 4.39 Å². The number of ether oxygens (including phenoxy) is 1. The van der Waals surface area contributed by atoms with Gasteiger partial charge in [-0.15, -0.1) is 0 Å². The summed E-state index contributed by atoms with van der Waals surface area (Å²) in [5.41, 5.74) is 0.417. The summed E-state index contributed by atoms with van der Waals surface area (Å²) < 4.78 is 42.2. The lowest BCUT2D eigenvalue weighted by molar-refractivity contribution is 0.0974. The van der Waals surface area contributed by atoms with Crippen LogP contribution in [-0.4, -0.2) is 38.4 Å². The fourth-order valence-electron chi connectivity index (χ4n) is 2.42. The molecule has 6 heteroatoms. The number of benzene rings is 1. The summed E-state index contributed by atoms with van der Waals surface area (Å²) in [7, 11) is -3.16. The van der Waals surface area contributed by atoms with E-state index >= 15 is 0 Å². The van der Waals surface area contributed by atoms with Crippen molar-refractivity contribution in [1.29, 1.82) is 0 Å². The topological polar surface area (TPSA) is 60.4 Å². The standard InChI is InChI=1S/C15H19FO4S/c16-13-5-3-12(4-6-13)15(17)2-1-11-21(18,19)14-7-9-20-10-8-14/h3-6,14H,1-2,7-11H2. The Kier molecular flexibility index (Phi) is 5.47. The van der Waals surface area contributed by atoms with Gasteiger partial charge in [-0.2, -0.15) is 0 Å². The van der Waals surface area contributed by atoms with E-state index in [0.717, 1.165) is 0 Å². The fourth-order valence-corrected chi connectivity index (χ4v) is 4.21. The summed E-state index contributed by atoms with van der Waals surface area (Å²) in [6.07, 6.45) is 1.53. The van der Waals surface area contributed by atoms with Gasteiger partial charge in [0.1, 0.15) is 5.82 Å². The zero-order chi connectivity index (χ0) is 15.3. The Morgan fingerprint density at radius 3 is 2.43 bits per heavy atom. The molecular formula is C15H19FO4S. The van der Waals surface area contributed by atoms with Crippen molar-refractivity contribution in [3.8, 4) is 0 Å². The molecule has 1 fully saturated rings. The highest BCUT2D eigenvalue weighted by molar-refractivity contribution is 7.92. The van der Waals surface area contributed by atoms with E-state index in [1.165, 1.54) is 24.3 Å². The van der Waals surface area contributed by atoms with Gasteiger partial charge in [0.25, 0.3) is 0 Å². The number of carbonyl (C=O) groups excluding carboxylic acids is 1. The van der Waals surface area contributed by atoms with Gasteiger partial charge in [-0.3, -0.25) is 4.79 Å². The lowest BCUT2D eigenvalue weighted by Gasteiger charge is -2.21. The number of carbonyl (C=O) groups is 1. The van der Waals surface area contributed by atoms with Crippen LogP contribution < -0.4 is 0 Å². The van der Waals surface area contributed by atoms with Gasteiger partial charge in [0.05, 0.1) is 11.0 Å². The highest BCUT2D eigenvalue weighted by atomic mass is 32.2. The molecule has 0 bridgehead atoms. The molecule has 0 amide bonds. The molecule has 21 heavy (non-hydrogen) atoms. The summed E-state index contributed by atoms with van der Waals surface area (Å²) in [5.74, 6) is -0.532. The molecule has 2 rings (SSSR count). The first-order valence-corrected chi connectivity index (χ1v) is 8.79. The second kappa shape index (κ2) is 7.13. The molecular weight excluding hydrogens is 295 g/mol. The highest BCUT2D eigenvalue weighted by Gasteiger charge is 2.27. The van der Waals surface area contributed by atoms with Crippen molar-refractivity contribution in [2.75, 3.05) is 19.0 Å². The monoisotopic (exact) mass is 314 g/mol. The quantitative estimate of drug-likeness (QED) is 0.756. The van der Waals surface area contributed by atoms with Crippen molar-refractivity contribution in [1.82, 2.24) is 0 Å². The molecule has 0 N–H and O–H groups in total. The van der Waals surface area contributed by atoms with Crippen LogP contribution in [0.15, 0.2) is 24.3 Å². The van der Waals surface area contributed by atoms with Crippen LogP contribution in [0.5, 0.6) is 0 Å². The Morgan fingerprint density at radius 2 is 1.81 bits per heavy atom. The third-order valence-corrected chi connectivity index (χ3v) is 6.02. The number of rotatable bonds is 6. The normalized spacial score (nSPS) is 16.8. The minimum Gasteiger partial charge on any atom is -0.381 e. The first kappa shape index (κ1) is 16.1. The summed E-state index contributed by atoms with van der Waals surface area (Å²) in [6.45, 7) is 0.969. The van der Waals surface area contributed by atoms with Crippen molar-refractivity contribution in [3.63, 3.8) is 0 Å². The summed E-state index contributed by atoms with van der Waals surface area (Å²) in [4.78, 5) is 11.9. The van der Waals surface area contributed by atoms with E-state index in [2.05, 4.69) is 0 Å². The number of ketones is 1. The zero-order valence-corrected chi connectivity index (χ0v) is 12.6. The van der Waals surface area contributed by atoms with Crippen LogP contribution in [0.1, 0.15) is 36.0 Å². The summed E-state index contributed by atoms with van der Waals surface area (Å²) in [5, 5.41) is -0.341. The average Bonchev–Trinajstić information content (AvgIpc) is 2.48. The molecule has 0 aliphatic carbocycles. The SMILES string of the molecule is O=C(CCCS(=O)(=O)C1CCOCC1)c1ccc(F)cc1. The van der Waals surface area contributed by atoms with E-state index < -0.39 is 15.7 Å². The van der Waals surface area contributed by atoms with Gasteiger partial charge in [-0.25, -0.2) is 12.8 Å². The van der Waals surface area contributed by atoms with Crippen molar-refractivity contribution in [3.05, 3.63) is 35.6 Å². The van der Waals surface area contributed by atoms with E-state index in [4.69, 9.17) is 4.74 Å². The van der Waals surface area contributed by atoms with Gasteiger partial charge >= 0.3 is 0 Å². The van der Waals surface area contributed by atoms with Crippen molar-refractivity contribution < 1.29 is 22.3 Å². The maximum Gasteiger partial charge on any atom is 0.162 e. The predicted octanol–water partition coefficient (Wildman–Crippen LogP) is 2.38. The van der Waals surface area contributed by atoms with E-state index in [1.54, 1.807) is 0 Å². The van der Waals surface area contributed by atoms with Gasteiger partial charge in [0.2, 0.25) is 0 Å². The summed E-state index contributed by atoms with van der Waals surface area (Å²) in [6, 6.07) is 5.30. The molecule has 0 aromatic heterocycles. The fraction of sp³-hybridized carbons (Fsp3) is 0.533. The van der Waals surface area contributed by atoms with Gasteiger partial charge in [0.15, 0.2) is 15.6 Å². The average molecular weight is 314 g/mol. The number of sulfone groups is 1. The lowest BCUT2D eigenvalue weighted by atomic mass is 10.1. The number of halogens is 1. The first-order valence-electron chi connectivity index (χ1n) is 7.07. The Balaban J connectivity index is 1.83. The van der Waals surface area contributed by atoms with E-state index in [-0.39, 0.29) is 23.2 Å². The van der Waals surface area contributed by atoms with Gasteiger partial charge in [-0.1, -0.05) is 0 Å². The van der Waals surface area contributed by atoms with Crippen LogP contribution in [0, 0.1) is 5.82 Å². The minimum absolute atomic E-state index is 0.0185. The zero-order valence-electron chi connectivity index (χ0n) is 11.8. The molecule has 0 spiro atoms. The molecule has 1 aromatic carbocycles. The Labute approximate surface area is 124 Å². The second-order valence-electron chi connectivity index (χ2n) is 5.21. The van der Waals surface area contributed by atoms with Crippen LogP contribution >= 0.6 is 0 Å². The Bertz CT molecular complexity index is 574. The molecule has 0 unspecified atom stereocenters. The predicted molar refractivity (Wildman–Crippen MR) is 77.6 cm³/mol. The van der Waals surface area contributed by atoms with Crippen molar-refractivity contribution in [2.45, 2.75) is 30.9 Å². The van der Waals surface area contributed by atoms with Crippen molar-refractivity contribution in [2.24, 2.45) is 0 Å². The molecule has 0 atom stereocenters. The minimum atomic E-state index is -3.16. The molecule has 0 saturated carbocycles. The van der Waals surface area contributed by atoms with E-state index in [0.29, 0.717) is 38.0 Å². The maximum atomic E-state index is 12.8. The molecule has 1 heterocycles. The third-order valence-electron chi connectivity index (χ3n) is 3.68. The van der Waals surface area contributed by atoms with Crippen LogP contribution in [0.3, 0.4) is 0 Å². The number of Topliss-reactive ketones (excluding diaryl/α,β-unsaturated/α-hetero) is 1. The largest absolute Gasteiger partial charge is 0.381 e. The molecule has 1 aliphatic rings. The molecule has 116 valence electrons. The highest BCUT2D eigenvalue weighted by Crippen LogP contribution is 2.18. The smallest absolute Gasteiger partial charge is 0.162 e. The first-order chi connectivity index (χ1) is 9.99. The van der Waals surface area contributed by atoms with Gasteiger partial charge in [0, 0.05) is 25.2 Å². The van der Waals surface area contributed by atoms with Gasteiger partial charge in [-0.05, 0) is 43.5 Å². The second-order valence-corrected chi connectivity index (χ2v) is 7.61. The van der Waals surface area contributed by atoms with Crippen LogP contribution in [-0.2, 0) is 14.6 Å². The number of hydrogen-bond acceptors (Lipinski definition) is 4. The Hall–Kier alpha value is -1.27. The van der Waals surface area contributed by atoms with E-state index in [9.17, 15) is 17.6 Å². The summed E-state index contributed by atoms with van der Waals surface area (Å²) >= 11 is 0. The Morgan fingerprint density at radius 1 is 1.19 bits per heavy atom. The number of hydrogen-bond donors (Lipinski definition) is 0. The van der Waals surface area contributed by atoms with Crippen LogP contribution in [0.2, 0.25) is 0 Å².